The number of anilines is 1. The summed E-state index contributed by atoms with van der Waals surface area (Å²) in [5.41, 5.74) is 1.61. The van der Waals surface area contributed by atoms with Gasteiger partial charge in [0.2, 0.25) is 0 Å². The molecule has 2 aromatic heterocycles. The molecule has 0 aromatic carbocycles. The van der Waals surface area contributed by atoms with Crippen LogP contribution in [0.3, 0.4) is 0 Å². The fourth-order valence-electron chi connectivity index (χ4n) is 3.54. The molecule has 2 amide bonds. The van der Waals surface area contributed by atoms with Crippen LogP contribution in [0.4, 0.5) is 23.7 Å². The lowest BCUT2D eigenvalue weighted by molar-refractivity contribution is -0.123. The molecule has 0 aliphatic carbocycles. The lowest BCUT2D eigenvalue weighted by atomic mass is 9.91. The first-order valence-corrected chi connectivity index (χ1v) is 8.92. The van der Waals surface area contributed by atoms with Gasteiger partial charge in [0.15, 0.2) is 0 Å². The molecule has 1 aliphatic heterocycles. The van der Waals surface area contributed by atoms with Gasteiger partial charge in [-0.25, -0.2) is 9.78 Å². The topological polar surface area (TPSA) is 96.8 Å². The number of nitrogens with zero attached hydrogens (tertiary/aromatic N) is 3. The highest BCUT2D eigenvalue weighted by Crippen LogP contribution is 2.31. The molecule has 2 aromatic rings. The maximum Gasteiger partial charge on any atom is 0.405 e. The average molecular weight is 394 g/mol. The van der Waals surface area contributed by atoms with E-state index < -0.39 is 18.8 Å². The zero-order valence-corrected chi connectivity index (χ0v) is 15.5. The Kier molecular flexibility index (Phi) is 5.36. The fourth-order valence-corrected chi connectivity index (χ4v) is 3.54. The molecule has 2 atom stereocenters. The van der Waals surface area contributed by atoms with Crippen LogP contribution >= 0.6 is 0 Å². The van der Waals surface area contributed by atoms with Gasteiger partial charge in [-0.15, -0.1) is 0 Å². The number of nitrogens with one attached hydrogen (secondary N) is 3. The van der Waals surface area contributed by atoms with Crippen LogP contribution in [0.15, 0.2) is 18.5 Å². The molecule has 1 saturated heterocycles. The number of hydrogen-bond acceptors (Lipinski definition) is 4. The molecule has 3 N–H and O–H groups in total. The molecular formula is C18H21F3N6O. The Morgan fingerprint density at radius 3 is 2.86 bits per heavy atom. The third-order valence-corrected chi connectivity index (χ3v) is 4.99. The summed E-state index contributed by atoms with van der Waals surface area (Å²) in [6.45, 7) is 3.22. The predicted octanol–water partition coefficient (Wildman–Crippen LogP) is 3.07. The second-order valence-corrected chi connectivity index (χ2v) is 7.24. The number of amides is 2. The smallest absolute Gasteiger partial charge is 0.378 e. The van der Waals surface area contributed by atoms with E-state index in [1.54, 1.807) is 12.3 Å². The third-order valence-electron chi connectivity index (χ3n) is 4.99. The summed E-state index contributed by atoms with van der Waals surface area (Å²) in [6.07, 6.45) is -1.27. The summed E-state index contributed by atoms with van der Waals surface area (Å²) in [7, 11) is 0. The van der Waals surface area contributed by atoms with Crippen molar-refractivity contribution in [3.63, 3.8) is 0 Å². The highest BCUT2D eigenvalue weighted by atomic mass is 19.4. The summed E-state index contributed by atoms with van der Waals surface area (Å²) in [5.74, 6) is 0.206. The van der Waals surface area contributed by atoms with Gasteiger partial charge in [-0.3, -0.25) is 0 Å². The van der Waals surface area contributed by atoms with Crippen molar-refractivity contribution in [2.75, 3.05) is 25.0 Å². The second kappa shape index (κ2) is 7.58. The molecule has 3 rings (SSSR count). The summed E-state index contributed by atoms with van der Waals surface area (Å²) in [5, 5.41) is 15.5. The van der Waals surface area contributed by atoms with E-state index in [9.17, 15) is 23.2 Å². The van der Waals surface area contributed by atoms with Crippen LogP contribution in [0.5, 0.6) is 0 Å². The zero-order chi connectivity index (χ0) is 20.5. The Labute approximate surface area is 159 Å². The molecule has 0 unspecified atom stereocenters. The number of rotatable bonds is 4. The minimum atomic E-state index is -4.46. The number of fused-ring (bicyclic) bond motifs is 1. The quantitative estimate of drug-likeness (QED) is 0.742. The monoisotopic (exact) mass is 394 g/mol. The van der Waals surface area contributed by atoms with Gasteiger partial charge in [0.1, 0.15) is 18.3 Å². The molecule has 3 heterocycles. The number of likely N-dealkylation sites (tertiary alicyclic amines) is 1. The standard InChI is InChI=1S/C18H21F3N6O/c1-10(2)13-7-27(17(28)25-9-18(19,20)21)8-14(13)26-15-11(5-22)6-24-16-12(15)3-4-23-16/h3-4,6,10,13-14H,7-9H2,1-2H3,(H,25,28)(H2,23,24,26)/t13-,14-/m1/s1. The van der Waals surface area contributed by atoms with Crippen molar-refractivity contribution in [2.45, 2.75) is 26.1 Å². The average Bonchev–Trinajstić information content (AvgIpc) is 3.26. The Morgan fingerprint density at radius 2 is 2.21 bits per heavy atom. The lowest BCUT2D eigenvalue weighted by Gasteiger charge is -2.24. The second-order valence-electron chi connectivity index (χ2n) is 7.24. The largest absolute Gasteiger partial charge is 0.405 e. The first kappa shape index (κ1) is 19.8. The molecule has 0 saturated carbocycles. The highest BCUT2D eigenvalue weighted by Gasteiger charge is 2.38. The fraction of sp³-hybridized carbons (Fsp3) is 0.500. The summed E-state index contributed by atoms with van der Waals surface area (Å²) < 4.78 is 37.2. The van der Waals surface area contributed by atoms with Crippen LogP contribution in [-0.2, 0) is 0 Å². The number of carbonyl (C=O) groups is 1. The van der Waals surface area contributed by atoms with E-state index in [2.05, 4.69) is 21.4 Å². The number of nitriles is 1. The van der Waals surface area contributed by atoms with E-state index >= 15 is 0 Å². The molecule has 150 valence electrons. The van der Waals surface area contributed by atoms with E-state index in [1.807, 2.05) is 19.2 Å². The van der Waals surface area contributed by atoms with Crippen molar-refractivity contribution in [3.8, 4) is 6.07 Å². The number of halogens is 3. The van der Waals surface area contributed by atoms with Crippen LogP contribution < -0.4 is 10.6 Å². The van der Waals surface area contributed by atoms with Crippen molar-refractivity contribution in [3.05, 3.63) is 24.0 Å². The third kappa shape index (κ3) is 4.13. The van der Waals surface area contributed by atoms with Crippen molar-refractivity contribution in [1.29, 1.82) is 5.26 Å². The number of urea groups is 1. The van der Waals surface area contributed by atoms with Crippen molar-refractivity contribution in [2.24, 2.45) is 11.8 Å². The first-order chi connectivity index (χ1) is 13.2. The molecule has 10 heteroatoms. The van der Waals surface area contributed by atoms with Gasteiger partial charge in [-0.1, -0.05) is 13.8 Å². The van der Waals surface area contributed by atoms with E-state index in [0.29, 0.717) is 23.4 Å². The Balaban J connectivity index is 1.81. The first-order valence-electron chi connectivity index (χ1n) is 8.92. The van der Waals surface area contributed by atoms with Gasteiger partial charge in [0, 0.05) is 42.8 Å². The Morgan fingerprint density at radius 1 is 1.46 bits per heavy atom. The van der Waals surface area contributed by atoms with Gasteiger partial charge in [0.05, 0.1) is 11.3 Å². The number of aromatic nitrogens is 2. The molecule has 1 aliphatic rings. The molecule has 0 spiro atoms. The SMILES string of the molecule is CC(C)[C@H]1CN(C(=O)NCC(F)(F)F)C[C@H]1Nc1c(C#N)cnc2[nH]ccc12. The minimum Gasteiger partial charge on any atom is -0.378 e. The Hall–Kier alpha value is -2.96. The summed E-state index contributed by atoms with van der Waals surface area (Å²) >= 11 is 0. The van der Waals surface area contributed by atoms with Crippen LogP contribution in [0, 0.1) is 23.2 Å². The molecule has 7 nitrogen and oxygen atoms in total. The van der Waals surface area contributed by atoms with Gasteiger partial charge in [-0.2, -0.15) is 18.4 Å². The number of aromatic amines is 1. The predicted molar refractivity (Wildman–Crippen MR) is 97.6 cm³/mol. The van der Waals surface area contributed by atoms with Crippen molar-refractivity contribution in [1.82, 2.24) is 20.2 Å². The van der Waals surface area contributed by atoms with E-state index in [4.69, 9.17) is 0 Å². The van der Waals surface area contributed by atoms with Gasteiger partial charge in [-0.05, 0) is 12.0 Å². The van der Waals surface area contributed by atoms with E-state index in [1.165, 1.54) is 11.1 Å². The van der Waals surface area contributed by atoms with Crippen LogP contribution in [0.2, 0.25) is 0 Å². The minimum absolute atomic E-state index is 0.0188. The van der Waals surface area contributed by atoms with Gasteiger partial charge >= 0.3 is 12.2 Å². The van der Waals surface area contributed by atoms with E-state index in [-0.39, 0.29) is 24.4 Å². The molecule has 1 fully saturated rings. The maximum atomic E-state index is 12.4. The molecule has 0 bridgehead atoms. The summed E-state index contributed by atoms with van der Waals surface area (Å²) in [4.78, 5) is 20.7. The van der Waals surface area contributed by atoms with Crippen LogP contribution in [0.1, 0.15) is 19.4 Å². The lowest BCUT2D eigenvalue weighted by Crippen LogP contribution is -2.43. The normalized spacial score (nSPS) is 19.8. The van der Waals surface area contributed by atoms with E-state index in [0.717, 1.165) is 5.39 Å². The number of hydrogen-bond donors (Lipinski definition) is 3. The van der Waals surface area contributed by atoms with Gasteiger partial charge in [0.25, 0.3) is 0 Å². The van der Waals surface area contributed by atoms with Crippen molar-refractivity contribution < 1.29 is 18.0 Å². The van der Waals surface area contributed by atoms with Gasteiger partial charge < -0.3 is 20.5 Å². The molecule has 0 radical (unpaired) electrons. The number of pyridine rings is 1. The molecular weight excluding hydrogens is 373 g/mol. The zero-order valence-electron chi connectivity index (χ0n) is 15.5. The Bertz CT molecular complexity index is 901. The number of carbonyl (C=O) groups excluding carboxylic acids is 1. The molecule has 28 heavy (non-hydrogen) atoms. The number of H-pyrrole nitrogens is 1. The maximum absolute atomic E-state index is 12.4. The van der Waals surface area contributed by atoms with Crippen molar-refractivity contribution >= 4 is 22.8 Å². The van der Waals surface area contributed by atoms with Crippen LogP contribution in [-0.4, -0.2) is 52.8 Å². The highest BCUT2D eigenvalue weighted by molar-refractivity contribution is 5.92. The summed E-state index contributed by atoms with van der Waals surface area (Å²) in [6, 6.07) is 2.97. The number of alkyl halides is 3. The van der Waals surface area contributed by atoms with Crippen LogP contribution in [0.25, 0.3) is 11.0 Å².